The van der Waals surface area contributed by atoms with E-state index in [2.05, 4.69) is 42.8 Å². The molecule has 1 fully saturated rings. The normalized spacial score (nSPS) is 15.2. The average Bonchev–Trinajstić information content (AvgIpc) is 3.21. The second kappa shape index (κ2) is 6.07. The number of hydrogen-bond acceptors (Lipinski definition) is 4. The molecule has 1 heterocycles. The van der Waals surface area contributed by atoms with Gasteiger partial charge in [0.25, 0.3) is 0 Å². The van der Waals surface area contributed by atoms with Crippen LogP contribution in [0.3, 0.4) is 0 Å². The Hall–Kier alpha value is -1.53. The van der Waals surface area contributed by atoms with Gasteiger partial charge < -0.3 is 15.8 Å². The summed E-state index contributed by atoms with van der Waals surface area (Å²) in [7, 11) is 0. The standard InChI is InChI=1S/C15H16BrN3OS/c16-13-7-11(15(17)18-20)1-4-14(13)19(12-2-3-12)8-10-5-6-21-9-10/h1,4-7,9,12,20H,2-3,8H2,(H2,17,18). The zero-order valence-corrected chi connectivity index (χ0v) is 13.8. The molecule has 0 amide bonds. The van der Waals surface area contributed by atoms with E-state index in [0.29, 0.717) is 11.6 Å². The maximum atomic E-state index is 8.77. The van der Waals surface area contributed by atoms with Crippen LogP contribution in [0.4, 0.5) is 5.69 Å². The van der Waals surface area contributed by atoms with E-state index < -0.39 is 0 Å². The highest BCUT2D eigenvalue weighted by Gasteiger charge is 2.30. The Balaban J connectivity index is 1.89. The van der Waals surface area contributed by atoms with Gasteiger partial charge in [0, 0.05) is 22.6 Å². The van der Waals surface area contributed by atoms with Crippen molar-refractivity contribution in [3.8, 4) is 0 Å². The molecule has 0 spiro atoms. The molecular weight excluding hydrogens is 350 g/mol. The van der Waals surface area contributed by atoms with Gasteiger partial charge in [-0.15, -0.1) is 0 Å². The first-order valence-electron chi connectivity index (χ1n) is 6.74. The Bertz CT molecular complexity index is 653. The number of benzene rings is 1. The van der Waals surface area contributed by atoms with E-state index in [1.165, 1.54) is 18.4 Å². The highest BCUT2D eigenvalue weighted by Crippen LogP contribution is 2.37. The summed E-state index contributed by atoms with van der Waals surface area (Å²) in [5.74, 6) is 0.123. The van der Waals surface area contributed by atoms with Crippen molar-refractivity contribution in [2.45, 2.75) is 25.4 Å². The summed E-state index contributed by atoms with van der Waals surface area (Å²) in [6.45, 7) is 0.912. The molecule has 0 unspecified atom stereocenters. The third kappa shape index (κ3) is 3.22. The van der Waals surface area contributed by atoms with Crippen LogP contribution in [0.25, 0.3) is 0 Å². The summed E-state index contributed by atoms with van der Waals surface area (Å²) < 4.78 is 0.966. The number of oxime groups is 1. The maximum absolute atomic E-state index is 8.77. The zero-order chi connectivity index (χ0) is 14.8. The van der Waals surface area contributed by atoms with Crippen molar-refractivity contribution in [1.29, 1.82) is 0 Å². The second-order valence-electron chi connectivity index (χ2n) is 5.14. The molecule has 0 radical (unpaired) electrons. The van der Waals surface area contributed by atoms with Crippen molar-refractivity contribution in [3.05, 3.63) is 50.6 Å². The summed E-state index contributed by atoms with van der Waals surface area (Å²) in [6.07, 6.45) is 2.47. The van der Waals surface area contributed by atoms with Crippen molar-refractivity contribution in [1.82, 2.24) is 0 Å². The van der Waals surface area contributed by atoms with Crippen LogP contribution in [0.2, 0.25) is 0 Å². The molecule has 0 saturated heterocycles. The summed E-state index contributed by atoms with van der Waals surface area (Å²) in [4.78, 5) is 2.42. The van der Waals surface area contributed by atoms with Crippen LogP contribution in [-0.4, -0.2) is 17.1 Å². The van der Waals surface area contributed by atoms with E-state index in [1.54, 1.807) is 11.3 Å². The molecule has 4 nitrogen and oxygen atoms in total. The van der Waals surface area contributed by atoms with Crippen molar-refractivity contribution < 1.29 is 5.21 Å². The van der Waals surface area contributed by atoms with Gasteiger partial charge in [-0.25, -0.2) is 0 Å². The van der Waals surface area contributed by atoms with Gasteiger partial charge in [0.15, 0.2) is 5.84 Å². The molecule has 1 aromatic carbocycles. The molecule has 2 aromatic rings. The van der Waals surface area contributed by atoms with E-state index in [-0.39, 0.29) is 5.84 Å². The van der Waals surface area contributed by atoms with Gasteiger partial charge in [0.1, 0.15) is 0 Å². The van der Waals surface area contributed by atoms with E-state index in [4.69, 9.17) is 10.9 Å². The number of rotatable bonds is 5. The third-order valence-corrected chi connectivity index (χ3v) is 4.95. The topological polar surface area (TPSA) is 61.9 Å². The highest BCUT2D eigenvalue weighted by molar-refractivity contribution is 9.10. The molecule has 1 aliphatic rings. The van der Waals surface area contributed by atoms with E-state index in [0.717, 1.165) is 16.7 Å². The fourth-order valence-electron chi connectivity index (χ4n) is 2.33. The second-order valence-corrected chi connectivity index (χ2v) is 6.78. The lowest BCUT2D eigenvalue weighted by Crippen LogP contribution is -2.25. The van der Waals surface area contributed by atoms with Gasteiger partial charge in [0.2, 0.25) is 0 Å². The van der Waals surface area contributed by atoms with Gasteiger partial charge in [-0.05, 0) is 69.4 Å². The molecule has 0 bridgehead atoms. The first-order chi connectivity index (χ1) is 10.2. The Kier molecular flexibility index (Phi) is 4.17. The fourth-order valence-corrected chi connectivity index (χ4v) is 3.60. The molecule has 1 saturated carbocycles. The van der Waals surface area contributed by atoms with Crippen LogP contribution < -0.4 is 10.6 Å². The summed E-state index contributed by atoms with van der Waals surface area (Å²) in [6, 6.07) is 8.59. The van der Waals surface area contributed by atoms with Gasteiger partial charge in [-0.2, -0.15) is 11.3 Å². The van der Waals surface area contributed by atoms with Gasteiger partial charge in [0.05, 0.1) is 5.69 Å². The Morgan fingerprint density at radius 1 is 1.43 bits per heavy atom. The van der Waals surface area contributed by atoms with Crippen molar-refractivity contribution in [3.63, 3.8) is 0 Å². The van der Waals surface area contributed by atoms with E-state index in [1.807, 2.05) is 18.2 Å². The summed E-state index contributed by atoms with van der Waals surface area (Å²) in [5.41, 5.74) is 8.83. The van der Waals surface area contributed by atoms with Crippen LogP contribution in [0.5, 0.6) is 0 Å². The van der Waals surface area contributed by atoms with Crippen molar-refractivity contribution in [2.24, 2.45) is 10.9 Å². The lowest BCUT2D eigenvalue weighted by atomic mass is 10.1. The Morgan fingerprint density at radius 3 is 2.81 bits per heavy atom. The smallest absolute Gasteiger partial charge is 0.170 e. The third-order valence-electron chi connectivity index (χ3n) is 3.58. The number of amidine groups is 1. The quantitative estimate of drug-likeness (QED) is 0.366. The zero-order valence-electron chi connectivity index (χ0n) is 11.4. The average molecular weight is 366 g/mol. The predicted molar refractivity (Wildman–Crippen MR) is 90.2 cm³/mol. The Labute approximate surface area is 136 Å². The van der Waals surface area contributed by atoms with Gasteiger partial charge in [-0.1, -0.05) is 5.16 Å². The molecular formula is C15H16BrN3OS. The van der Waals surface area contributed by atoms with Crippen LogP contribution in [0.1, 0.15) is 24.0 Å². The number of anilines is 1. The fraction of sp³-hybridized carbons (Fsp3) is 0.267. The van der Waals surface area contributed by atoms with E-state index >= 15 is 0 Å². The van der Waals surface area contributed by atoms with Crippen LogP contribution in [0, 0.1) is 0 Å². The number of halogens is 1. The molecule has 110 valence electrons. The molecule has 6 heteroatoms. The van der Waals surface area contributed by atoms with E-state index in [9.17, 15) is 0 Å². The summed E-state index contributed by atoms with van der Waals surface area (Å²) in [5, 5.41) is 16.1. The van der Waals surface area contributed by atoms with Crippen molar-refractivity contribution in [2.75, 3.05) is 4.90 Å². The van der Waals surface area contributed by atoms with Crippen LogP contribution >= 0.6 is 27.3 Å². The minimum Gasteiger partial charge on any atom is -0.409 e. The van der Waals surface area contributed by atoms with Crippen molar-refractivity contribution >= 4 is 38.8 Å². The first-order valence-corrected chi connectivity index (χ1v) is 8.48. The number of thiophene rings is 1. The monoisotopic (exact) mass is 365 g/mol. The number of nitrogens with two attached hydrogens (primary N) is 1. The lowest BCUT2D eigenvalue weighted by molar-refractivity contribution is 0.318. The van der Waals surface area contributed by atoms with Crippen LogP contribution in [-0.2, 0) is 6.54 Å². The maximum Gasteiger partial charge on any atom is 0.170 e. The minimum absolute atomic E-state index is 0.123. The number of nitrogens with zero attached hydrogens (tertiary/aromatic N) is 2. The lowest BCUT2D eigenvalue weighted by Gasteiger charge is -2.26. The molecule has 1 aliphatic carbocycles. The summed E-state index contributed by atoms with van der Waals surface area (Å²) >= 11 is 5.34. The number of hydrogen-bond donors (Lipinski definition) is 2. The first kappa shape index (κ1) is 14.4. The van der Waals surface area contributed by atoms with Crippen LogP contribution in [0.15, 0.2) is 44.7 Å². The Morgan fingerprint density at radius 2 is 2.24 bits per heavy atom. The minimum atomic E-state index is 0.123. The SMILES string of the molecule is N/C(=N/O)c1ccc(N(Cc2ccsc2)C2CC2)c(Br)c1. The molecule has 21 heavy (non-hydrogen) atoms. The highest BCUT2D eigenvalue weighted by atomic mass is 79.9. The molecule has 0 aliphatic heterocycles. The largest absolute Gasteiger partial charge is 0.409 e. The van der Waals surface area contributed by atoms with Gasteiger partial charge >= 0.3 is 0 Å². The molecule has 1 aromatic heterocycles. The molecule has 0 atom stereocenters. The molecule has 3 rings (SSSR count). The molecule has 3 N–H and O–H groups in total. The van der Waals surface area contributed by atoms with Gasteiger partial charge in [-0.3, -0.25) is 0 Å². The predicted octanol–water partition coefficient (Wildman–Crippen LogP) is 3.77.